The normalized spacial score (nSPS) is 23.4. The van der Waals surface area contributed by atoms with Crippen LogP contribution in [0.1, 0.15) is 24.8 Å². The largest absolute Gasteiger partial charge is 0.381 e. The first kappa shape index (κ1) is 18.2. The molecule has 2 atom stereocenters. The van der Waals surface area contributed by atoms with Crippen LogP contribution in [0.2, 0.25) is 10.0 Å². The lowest BCUT2D eigenvalue weighted by molar-refractivity contribution is 0.0628. The van der Waals surface area contributed by atoms with Gasteiger partial charge >= 0.3 is 0 Å². The van der Waals surface area contributed by atoms with Crippen LogP contribution < -0.4 is 0 Å². The number of likely N-dealkylation sites (tertiary alicyclic amines) is 1. The van der Waals surface area contributed by atoms with Gasteiger partial charge in [0.25, 0.3) is 0 Å². The summed E-state index contributed by atoms with van der Waals surface area (Å²) in [5.41, 5.74) is 1.28. The lowest BCUT2D eigenvalue weighted by Gasteiger charge is -2.37. The van der Waals surface area contributed by atoms with E-state index in [1.165, 1.54) is 5.56 Å². The second kappa shape index (κ2) is 8.60. The molecule has 0 radical (unpaired) electrons. The maximum atomic E-state index is 6.14. The molecular formula is C15H22BrCl2NO. The van der Waals surface area contributed by atoms with Gasteiger partial charge < -0.3 is 9.64 Å². The molecule has 5 heteroatoms. The molecule has 0 saturated carbocycles. The summed E-state index contributed by atoms with van der Waals surface area (Å²) >= 11 is 12.1. The number of piperidine rings is 1. The quantitative estimate of drug-likeness (QED) is 0.751. The molecule has 1 heterocycles. The molecule has 0 N–H and O–H groups in total. The molecule has 114 valence electrons. The topological polar surface area (TPSA) is 12.5 Å². The van der Waals surface area contributed by atoms with Crippen molar-refractivity contribution in [3.05, 3.63) is 33.8 Å². The van der Waals surface area contributed by atoms with Crippen LogP contribution in [0, 0.1) is 5.92 Å². The lowest BCUT2D eigenvalue weighted by Crippen LogP contribution is -2.39. The third-order valence-corrected chi connectivity index (χ3v) is 4.58. The molecule has 1 aromatic carbocycles. The van der Waals surface area contributed by atoms with Gasteiger partial charge in [-0.1, -0.05) is 29.3 Å². The molecule has 0 aromatic heterocycles. The average Bonchev–Trinajstić information content (AvgIpc) is 2.40. The maximum Gasteiger partial charge on any atom is 0.0595 e. The summed E-state index contributed by atoms with van der Waals surface area (Å²) in [6.45, 7) is 5.82. The van der Waals surface area contributed by atoms with Gasteiger partial charge in [-0.25, -0.2) is 0 Å². The fourth-order valence-electron chi connectivity index (χ4n) is 2.83. The minimum atomic E-state index is 0. The molecule has 0 unspecified atom stereocenters. The Bertz CT molecular complexity index is 430. The van der Waals surface area contributed by atoms with Crippen LogP contribution in [0.4, 0.5) is 0 Å². The summed E-state index contributed by atoms with van der Waals surface area (Å²) in [6, 6.07) is 6.01. The summed E-state index contributed by atoms with van der Waals surface area (Å²) in [4.78, 5) is 2.37. The highest BCUT2D eigenvalue weighted by molar-refractivity contribution is 8.93. The van der Waals surface area contributed by atoms with Crippen molar-refractivity contribution < 1.29 is 4.74 Å². The Balaban J connectivity index is 0.00000200. The first-order valence-electron chi connectivity index (χ1n) is 6.83. The summed E-state index contributed by atoms with van der Waals surface area (Å²) in [7, 11) is 2.17. The number of halogens is 3. The number of benzene rings is 1. The second-order valence-electron chi connectivity index (χ2n) is 5.25. The Morgan fingerprint density at radius 2 is 2.05 bits per heavy atom. The second-order valence-corrected chi connectivity index (χ2v) is 6.06. The fraction of sp³-hybridized carbons (Fsp3) is 0.600. The Kier molecular flexibility index (Phi) is 7.84. The molecule has 1 aromatic rings. The van der Waals surface area contributed by atoms with E-state index in [0.29, 0.717) is 21.9 Å². The van der Waals surface area contributed by atoms with Crippen LogP contribution in [-0.4, -0.2) is 38.3 Å². The van der Waals surface area contributed by atoms with Crippen molar-refractivity contribution in [1.82, 2.24) is 4.90 Å². The third-order valence-electron chi connectivity index (χ3n) is 3.84. The van der Waals surface area contributed by atoms with Crippen LogP contribution in [0.25, 0.3) is 0 Å². The lowest BCUT2D eigenvalue weighted by atomic mass is 9.81. The fourth-order valence-corrected chi connectivity index (χ4v) is 3.14. The molecule has 0 amide bonds. The van der Waals surface area contributed by atoms with Gasteiger partial charge in [0.15, 0.2) is 0 Å². The van der Waals surface area contributed by atoms with Gasteiger partial charge in [0.05, 0.1) is 16.7 Å². The van der Waals surface area contributed by atoms with Gasteiger partial charge in [0, 0.05) is 19.1 Å². The van der Waals surface area contributed by atoms with Gasteiger partial charge in [0.2, 0.25) is 0 Å². The molecule has 1 fully saturated rings. The number of hydrogen-bond donors (Lipinski definition) is 0. The van der Waals surface area contributed by atoms with Crippen molar-refractivity contribution in [2.75, 3.05) is 33.4 Å². The van der Waals surface area contributed by atoms with Crippen LogP contribution in [0.15, 0.2) is 18.2 Å². The minimum absolute atomic E-state index is 0. The van der Waals surface area contributed by atoms with Crippen molar-refractivity contribution in [2.45, 2.75) is 19.3 Å². The molecule has 20 heavy (non-hydrogen) atoms. The summed E-state index contributed by atoms with van der Waals surface area (Å²) in [5.74, 6) is 1.04. The van der Waals surface area contributed by atoms with Crippen molar-refractivity contribution in [1.29, 1.82) is 0 Å². The third kappa shape index (κ3) is 4.60. The molecular weight excluding hydrogens is 361 g/mol. The highest BCUT2D eigenvalue weighted by Crippen LogP contribution is 2.35. The Morgan fingerprint density at radius 1 is 1.30 bits per heavy atom. The van der Waals surface area contributed by atoms with E-state index in [1.54, 1.807) is 0 Å². The highest BCUT2D eigenvalue weighted by atomic mass is 79.9. The van der Waals surface area contributed by atoms with Gasteiger partial charge in [-0.15, -0.1) is 17.0 Å². The predicted molar refractivity (Wildman–Crippen MR) is 91.6 cm³/mol. The van der Waals surface area contributed by atoms with Gasteiger partial charge in [-0.05, 0) is 50.6 Å². The van der Waals surface area contributed by atoms with Crippen molar-refractivity contribution in [3.8, 4) is 0 Å². The van der Waals surface area contributed by atoms with E-state index in [0.717, 1.165) is 32.7 Å². The van der Waals surface area contributed by atoms with Crippen molar-refractivity contribution in [2.24, 2.45) is 5.92 Å². The summed E-state index contributed by atoms with van der Waals surface area (Å²) in [5, 5.41) is 1.27. The van der Waals surface area contributed by atoms with Crippen LogP contribution in [0.3, 0.4) is 0 Å². The van der Waals surface area contributed by atoms with Crippen molar-refractivity contribution >= 4 is 40.2 Å². The number of rotatable bonds is 4. The van der Waals surface area contributed by atoms with E-state index in [1.807, 2.05) is 19.1 Å². The molecule has 2 rings (SSSR count). The Labute approximate surface area is 142 Å². The number of nitrogens with zero attached hydrogens (tertiary/aromatic N) is 1. The molecule has 1 aliphatic heterocycles. The molecule has 2 nitrogen and oxygen atoms in total. The molecule has 0 bridgehead atoms. The molecule has 0 spiro atoms. The van der Waals surface area contributed by atoms with E-state index in [4.69, 9.17) is 27.9 Å². The Hall–Kier alpha value is 0.200. The van der Waals surface area contributed by atoms with E-state index in [9.17, 15) is 0 Å². The van der Waals surface area contributed by atoms with Gasteiger partial charge in [-0.2, -0.15) is 0 Å². The van der Waals surface area contributed by atoms with E-state index >= 15 is 0 Å². The monoisotopic (exact) mass is 381 g/mol. The standard InChI is InChI=1S/C15H21Cl2NO.BrH/c1-3-19-10-12-9-18(2)7-6-13(12)11-4-5-14(16)15(17)8-11;/h4-5,8,12-13H,3,6-7,9-10H2,1-2H3;1H/t12-,13-;/m0./s1. The summed E-state index contributed by atoms with van der Waals surface area (Å²) in [6.07, 6.45) is 1.15. The average molecular weight is 383 g/mol. The van der Waals surface area contributed by atoms with Gasteiger partial charge in [-0.3, -0.25) is 0 Å². The predicted octanol–water partition coefficient (Wildman–Crippen LogP) is 4.64. The molecule has 1 aliphatic rings. The van der Waals surface area contributed by atoms with Crippen LogP contribution in [0.5, 0.6) is 0 Å². The minimum Gasteiger partial charge on any atom is -0.381 e. The van der Waals surface area contributed by atoms with E-state index in [-0.39, 0.29) is 17.0 Å². The van der Waals surface area contributed by atoms with Gasteiger partial charge in [0.1, 0.15) is 0 Å². The number of ether oxygens (including phenoxy) is 1. The first-order valence-corrected chi connectivity index (χ1v) is 7.58. The van der Waals surface area contributed by atoms with E-state index < -0.39 is 0 Å². The van der Waals surface area contributed by atoms with E-state index in [2.05, 4.69) is 18.0 Å². The summed E-state index contributed by atoms with van der Waals surface area (Å²) < 4.78 is 5.64. The Morgan fingerprint density at radius 3 is 2.70 bits per heavy atom. The maximum absolute atomic E-state index is 6.14. The molecule has 1 saturated heterocycles. The highest BCUT2D eigenvalue weighted by Gasteiger charge is 2.29. The molecule has 0 aliphatic carbocycles. The number of hydrogen-bond acceptors (Lipinski definition) is 2. The van der Waals surface area contributed by atoms with Crippen LogP contribution in [-0.2, 0) is 4.74 Å². The zero-order valence-corrected chi connectivity index (χ0v) is 15.2. The SMILES string of the molecule is Br.CCOC[C@@H]1CN(C)CC[C@H]1c1ccc(Cl)c(Cl)c1. The zero-order chi connectivity index (χ0) is 13.8. The smallest absolute Gasteiger partial charge is 0.0595 e. The van der Waals surface area contributed by atoms with Crippen molar-refractivity contribution in [3.63, 3.8) is 0 Å². The first-order chi connectivity index (χ1) is 9.11. The van der Waals surface area contributed by atoms with Crippen LogP contribution >= 0.6 is 40.2 Å². The zero-order valence-electron chi connectivity index (χ0n) is 11.9.